The van der Waals surface area contributed by atoms with Gasteiger partial charge in [0.05, 0.1) is 4.90 Å². The molecule has 0 spiro atoms. The van der Waals surface area contributed by atoms with Gasteiger partial charge in [0.25, 0.3) is 0 Å². The number of likely N-dealkylation sites (tertiary alicyclic amines) is 1. The van der Waals surface area contributed by atoms with Crippen LogP contribution < -0.4 is 4.72 Å². The van der Waals surface area contributed by atoms with Gasteiger partial charge in [-0.25, -0.2) is 13.1 Å². The first-order valence-corrected chi connectivity index (χ1v) is 10.4. The third-order valence-electron chi connectivity index (χ3n) is 4.54. The lowest BCUT2D eigenvalue weighted by Crippen LogP contribution is -2.30. The monoisotopic (exact) mass is 378 g/mol. The molecular formula is C19H23ClN2O2S. The van der Waals surface area contributed by atoms with Crippen LogP contribution in [0.15, 0.2) is 53.4 Å². The maximum atomic E-state index is 12.5. The summed E-state index contributed by atoms with van der Waals surface area (Å²) in [6.07, 6.45) is 3.79. The molecule has 6 heteroatoms. The van der Waals surface area contributed by atoms with Crippen LogP contribution in [0, 0.1) is 0 Å². The summed E-state index contributed by atoms with van der Waals surface area (Å²) in [6.45, 7) is 3.39. The van der Waals surface area contributed by atoms with Crippen molar-refractivity contribution < 1.29 is 8.42 Å². The van der Waals surface area contributed by atoms with Gasteiger partial charge in [0.2, 0.25) is 10.0 Å². The van der Waals surface area contributed by atoms with Crippen LogP contribution in [0.5, 0.6) is 0 Å². The van der Waals surface area contributed by atoms with E-state index in [2.05, 4.69) is 15.7 Å². The molecule has 1 aliphatic rings. The highest BCUT2D eigenvalue weighted by Crippen LogP contribution is 2.18. The smallest absolute Gasteiger partial charge is 0.240 e. The molecule has 1 saturated heterocycles. The van der Waals surface area contributed by atoms with Crippen LogP contribution in [0.25, 0.3) is 0 Å². The van der Waals surface area contributed by atoms with Gasteiger partial charge >= 0.3 is 0 Å². The Morgan fingerprint density at radius 1 is 0.920 bits per heavy atom. The highest BCUT2D eigenvalue weighted by Gasteiger charge is 2.16. The quantitative estimate of drug-likeness (QED) is 0.831. The predicted molar refractivity (Wildman–Crippen MR) is 101 cm³/mol. The van der Waals surface area contributed by atoms with Gasteiger partial charge < -0.3 is 0 Å². The summed E-state index contributed by atoms with van der Waals surface area (Å²) in [5, 5.41) is 0.519. The standard InChI is InChI=1S/C19H23ClN2O2S/c20-18-8-10-19(11-9-18)25(23,24)21-14-16-6-2-3-7-17(16)15-22-12-4-1-5-13-22/h2-3,6-11,21H,1,4-5,12-15H2. The van der Waals surface area contributed by atoms with Crippen molar-refractivity contribution >= 4 is 21.6 Å². The molecule has 0 atom stereocenters. The van der Waals surface area contributed by atoms with E-state index in [1.807, 2.05) is 18.2 Å². The summed E-state index contributed by atoms with van der Waals surface area (Å²) in [7, 11) is -3.55. The molecule has 0 bridgehead atoms. The van der Waals surface area contributed by atoms with Gasteiger partial charge in [0.1, 0.15) is 0 Å². The highest BCUT2D eigenvalue weighted by molar-refractivity contribution is 7.89. The van der Waals surface area contributed by atoms with Gasteiger partial charge in [-0.3, -0.25) is 4.90 Å². The van der Waals surface area contributed by atoms with E-state index in [4.69, 9.17) is 11.6 Å². The first-order valence-electron chi connectivity index (χ1n) is 8.59. The van der Waals surface area contributed by atoms with Crippen LogP contribution in [0.1, 0.15) is 30.4 Å². The van der Waals surface area contributed by atoms with E-state index in [-0.39, 0.29) is 11.4 Å². The van der Waals surface area contributed by atoms with Gasteiger partial charge in [-0.05, 0) is 61.3 Å². The number of nitrogens with one attached hydrogen (secondary N) is 1. The molecule has 0 saturated carbocycles. The Labute approximate surface area is 154 Å². The SMILES string of the molecule is O=S(=O)(NCc1ccccc1CN1CCCCC1)c1ccc(Cl)cc1. The second-order valence-electron chi connectivity index (χ2n) is 6.38. The lowest BCUT2D eigenvalue weighted by molar-refractivity contribution is 0.220. The molecule has 2 aromatic carbocycles. The third-order valence-corrected chi connectivity index (χ3v) is 6.21. The van der Waals surface area contributed by atoms with Gasteiger partial charge in [0, 0.05) is 18.1 Å². The zero-order valence-electron chi connectivity index (χ0n) is 14.1. The van der Waals surface area contributed by atoms with E-state index < -0.39 is 10.0 Å². The molecule has 1 heterocycles. The van der Waals surface area contributed by atoms with Crippen molar-refractivity contribution in [3.05, 3.63) is 64.7 Å². The zero-order valence-corrected chi connectivity index (χ0v) is 15.7. The molecule has 1 fully saturated rings. The van der Waals surface area contributed by atoms with Crippen molar-refractivity contribution in [2.45, 2.75) is 37.2 Å². The van der Waals surface area contributed by atoms with Crippen molar-refractivity contribution in [1.82, 2.24) is 9.62 Å². The highest BCUT2D eigenvalue weighted by atomic mass is 35.5. The van der Waals surface area contributed by atoms with Crippen molar-refractivity contribution in [3.8, 4) is 0 Å². The summed E-state index contributed by atoms with van der Waals surface area (Å²) in [5.41, 5.74) is 2.20. The molecule has 2 aromatic rings. The lowest BCUT2D eigenvalue weighted by atomic mass is 10.1. The number of halogens is 1. The normalized spacial score (nSPS) is 16.0. The lowest BCUT2D eigenvalue weighted by Gasteiger charge is -2.27. The molecule has 1 N–H and O–H groups in total. The number of rotatable bonds is 6. The predicted octanol–water partition coefficient (Wildman–Crippen LogP) is 3.80. The number of benzene rings is 2. The van der Waals surface area contributed by atoms with E-state index in [1.54, 1.807) is 12.1 Å². The third kappa shape index (κ3) is 5.05. The molecular weight excluding hydrogens is 356 g/mol. The molecule has 3 rings (SSSR count). The fourth-order valence-corrected chi connectivity index (χ4v) is 4.25. The van der Waals surface area contributed by atoms with E-state index in [9.17, 15) is 8.42 Å². The molecule has 0 aliphatic carbocycles. The first-order chi connectivity index (χ1) is 12.0. The summed E-state index contributed by atoms with van der Waals surface area (Å²) in [5.74, 6) is 0. The molecule has 4 nitrogen and oxygen atoms in total. The van der Waals surface area contributed by atoms with Crippen molar-refractivity contribution in [2.75, 3.05) is 13.1 Å². The van der Waals surface area contributed by atoms with Gasteiger partial charge in [0.15, 0.2) is 0 Å². The summed E-state index contributed by atoms with van der Waals surface area (Å²) < 4.78 is 27.6. The van der Waals surface area contributed by atoms with Crippen LogP contribution in [-0.4, -0.2) is 26.4 Å². The minimum atomic E-state index is -3.55. The van der Waals surface area contributed by atoms with Gasteiger partial charge in [-0.2, -0.15) is 0 Å². The van der Waals surface area contributed by atoms with E-state index in [0.717, 1.165) is 25.2 Å². The molecule has 25 heavy (non-hydrogen) atoms. The Hall–Kier alpha value is -1.40. The Morgan fingerprint density at radius 3 is 2.24 bits per heavy atom. The van der Waals surface area contributed by atoms with Crippen molar-refractivity contribution in [2.24, 2.45) is 0 Å². The fraction of sp³-hybridized carbons (Fsp3) is 0.368. The average molecular weight is 379 g/mol. The zero-order chi connectivity index (χ0) is 17.7. The number of piperidine rings is 1. The number of sulfonamides is 1. The van der Waals surface area contributed by atoms with Crippen LogP contribution in [0.2, 0.25) is 5.02 Å². The maximum absolute atomic E-state index is 12.5. The van der Waals surface area contributed by atoms with Crippen LogP contribution >= 0.6 is 11.6 Å². The fourth-order valence-electron chi connectivity index (χ4n) is 3.11. The molecule has 0 radical (unpaired) electrons. The maximum Gasteiger partial charge on any atom is 0.240 e. The first kappa shape index (κ1) is 18.4. The Morgan fingerprint density at radius 2 is 1.56 bits per heavy atom. The number of nitrogens with zero attached hydrogens (tertiary/aromatic N) is 1. The van der Waals surface area contributed by atoms with E-state index in [1.165, 1.54) is 37.0 Å². The van der Waals surface area contributed by atoms with Gasteiger partial charge in [-0.15, -0.1) is 0 Å². The second kappa shape index (κ2) is 8.32. The van der Waals surface area contributed by atoms with E-state index in [0.29, 0.717) is 5.02 Å². The van der Waals surface area contributed by atoms with Crippen molar-refractivity contribution in [3.63, 3.8) is 0 Å². The molecule has 1 aliphatic heterocycles. The average Bonchev–Trinajstić information content (AvgIpc) is 2.62. The Kier molecular flexibility index (Phi) is 6.12. The van der Waals surface area contributed by atoms with Crippen LogP contribution in [0.4, 0.5) is 0 Å². The molecule has 0 amide bonds. The molecule has 0 aromatic heterocycles. The van der Waals surface area contributed by atoms with Crippen LogP contribution in [-0.2, 0) is 23.1 Å². The van der Waals surface area contributed by atoms with Gasteiger partial charge in [-0.1, -0.05) is 42.3 Å². The number of hydrogen-bond acceptors (Lipinski definition) is 3. The molecule has 134 valence electrons. The van der Waals surface area contributed by atoms with E-state index >= 15 is 0 Å². The largest absolute Gasteiger partial charge is 0.299 e. The van der Waals surface area contributed by atoms with Crippen molar-refractivity contribution in [1.29, 1.82) is 0 Å². The van der Waals surface area contributed by atoms with Crippen LogP contribution in [0.3, 0.4) is 0 Å². The number of hydrogen-bond donors (Lipinski definition) is 1. The Bertz CT molecular complexity index is 800. The minimum absolute atomic E-state index is 0.227. The summed E-state index contributed by atoms with van der Waals surface area (Å²) >= 11 is 5.83. The Balaban J connectivity index is 1.69. The topological polar surface area (TPSA) is 49.4 Å². The second-order valence-corrected chi connectivity index (χ2v) is 8.59. The summed E-state index contributed by atoms with van der Waals surface area (Å²) in [6, 6.07) is 14.2. The molecule has 0 unspecified atom stereocenters. The minimum Gasteiger partial charge on any atom is -0.299 e. The summed E-state index contributed by atoms with van der Waals surface area (Å²) in [4.78, 5) is 2.67.